The first-order chi connectivity index (χ1) is 9.49. The Labute approximate surface area is 122 Å². The van der Waals surface area contributed by atoms with Crippen molar-refractivity contribution in [1.82, 2.24) is 9.03 Å². The third-order valence-corrected chi connectivity index (χ3v) is 5.77. The van der Waals surface area contributed by atoms with E-state index in [4.69, 9.17) is 5.11 Å². The van der Waals surface area contributed by atoms with Gasteiger partial charge in [0.15, 0.2) is 0 Å². The number of piperidine rings is 1. The Morgan fingerprint density at radius 1 is 1.45 bits per heavy atom. The Hall–Kier alpha value is -0.960. The van der Waals surface area contributed by atoms with Crippen LogP contribution in [0.15, 0.2) is 16.8 Å². The number of carboxylic acids is 1. The van der Waals surface area contributed by atoms with Gasteiger partial charge in [0.1, 0.15) is 0 Å². The van der Waals surface area contributed by atoms with Crippen LogP contribution in [0.25, 0.3) is 0 Å². The van der Waals surface area contributed by atoms with E-state index in [1.807, 2.05) is 16.8 Å². The van der Waals surface area contributed by atoms with E-state index in [1.165, 1.54) is 4.31 Å². The Kier molecular flexibility index (Phi) is 5.14. The standard InChI is InChI=1S/C12H18N2O4S2/c15-12(16)11-2-6-14(7-3-11)20(17,18)13-5-1-10-4-8-19-9-10/h4,8-9,11,13H,1-3,5-7H2,(H,15,16). The Morgan fingerprint density at radius 3 is 2.70 bits per heavy atom. The van der Waals surface area contributed by atoms with Crippen LogP contribution in [-0.2, 0) is 21.4 Å². The zero-order valence-electron chi connectivity index (χ0n) is 11.0. The minimum Gasteiger partial charge on any atom is -0.481 e. The first-order valence-electron chi connectivity index (χ1n) is 6.47. The number of carboxylic acid groups (broad SMARTS) is 1. The van der Waals surface area contributed by atoms with Crippen molar-refractivity contribution in [3.05, 3.63) is 22.4 Å². The molecule has 1 aromatic rings. The molecule has 6 nitrogen and oxygen atoms in total. The summed E-state index contributed by atoms with van der Waals surface area (Å²) in [6.45, 7) is 0.896. The van der Waals surface area contributed by atoms with Gasteiger partial charge in [0, 0.05) is 19.6 Å². The highest BCUT2D eigenvalue weighted by molar-refractivity contribution is 7.87. The van der Waals surface area contributed by atoms with E-state index in [0.29, 0.717) is 25.8 Å². The molecule has 0 saturated carbocycles. The summed E-state index contributed by atoms with van der Waals surface area (Å²) in [5, 5.41) is 12.8. The molecule has 1 saturated heterocycles. The van der Waals surface area contributed by atoms with Crippen molar-refractivity contribution in [2.75, 3.05) is 19.6 Å². The normalized spacial score (nSPS) is 18.2. The van der Waals surface area contributed by atoms with Gasteiger partial charge in [-0.25, -0.2) is 4.72 Å². The predicted molar refractivity (Wildman–Crippen MR) is 76.9 cm³/mol. The van der Waals surface area contributed by atoms with Crippen molar-refractivity contribution in [2.45, 2.75) is 19.3 Å². The second-order valence-corrected chi connectivity index (χ2v) is 7.33. The van der Waals surface area contributed by atoms with Crippen LogP contribution in [0.3, 0.4) is 0 Å². The predicted octanol–water partition coefficient (Wildman–Crippen LogP) is 0.922. The second kappa shape index (κ2) is 6.66. The maximum atomic E-state index is 12.1. The van der Waals surface area contributed by atoms with Crippen molar-refractivity contribution in [1.29, 1.82) is 0 Å². The molecule has 0 atom stereocenters. The average molecular weight is 318 g/mol. The number of hydrogen-bond acceptors (Lipinski definition) is 4. The van der Waals surface area contributed by atoms with E-state index in [0.717, 1.165) is 5.56 Å². The second-order valence-electron chi connectivity index (χ2n) is 4.79. The number of rotatable bonds is 6. The summed E-state index contributed by atoms with van der Waals surface area (Å²) >= 11 is 1.59. The maximum Gasteiger partial charge on any atom is 0.306 e. The largest absolute Gasteiger partial charge is 0.481 e. The van der Waals surface area contributed by atoms with Crippen molar-refractivity contribution in [3.63, 3.8) is 0 Å². The van der Waals surface area contributed by atoms with Crippen LogP contribution < -0.4 is 4.72 Å². The van der Waals surface area contributed by atoms with E-state index in [9.17, 15) is 13.2 Å². The first kappa shape index (κ1) is 15.4. The molecule has 1 aliphatic heterocycles. The molecule has 0 aromatic carbocycles. The monoisotopic (exact) mass is 318 g/mol. The highest BCUT2D eigenvalue weighted by Gasteiger charge is 2.30. The minimum absolute atomic E-state index is 0.269. The van der Waals surface area contributed by atoms with E-state index in [1.54, 1.807) is 11.3 Å². The summed E-state index contributed by atoms with van der Waals surface area (Å²) in [5.41, 5.74) is 1.11. The lowest BCUT2D eigenvalue weighted by Crippen LogP contribution is -2.46. The van der Waals surface area contributed by atoms with E-state index in [2.05, 4.69) is 4.72 Å². The molecular weight excluding hydrogens is 300 g/mol. The Bertz CT molecular complexity index is 534. The van der Waals surface area contributed by atoms with Crippen LogP contribution >= 0.6 is 11.3 Å². The highest BCUT2D eigenvalue weighted by Crippen LogP contribution is 2.19. The van der Waals surface area contributed by atoms with Gasteiger partial charge >= 0.3 is 5.97 Å². The fourth-order valence-corrected chi connectivity index (χ4v) is 4.13. The van der Waals surface area contributed by atoms with Crippen molar-refractivity contribution in [3.8, 4) is 0 Å². The molecule has 0 bridgehead atoms. The van der Waals surface area contributed by atoms with Crippen LogP contribution in [0.1, 0.15) is 18.4 Å². The minimum atomic E-state index is -3.49. The number of thiophene rings is 1. The zero-order chi connectivity index (χ0) is 14.6. The molecule has 0 spiro atoms. The van der Waals surface area contributed by atoms with E-state index < -0.39 is 22.1 Å². The molecule has 0 unspecified atom stereocenters. The smallest absolute Gasteiger partial charge is 0.306 e. The van der Waals surface area contributed by atoms with Crippen molar-refractivity contribution in [2.24, 2.45) is 5.92 Å². The van der Waals surface area contributed by atoms with Gasteiger partial charge in [0.2, 0.25) is 0 Å². The number of aliphatic carboxylic acids is 1. The molecule has 1 aromatic heterocycles. The number of carbonyl (C=O) groups is 1. The molecule has 1 fully saturated rings. The topological polar surface area (TPSA) is 86.7 Å². The Balaban J connectivity index is 1.80. The molecule has 0 radical (unpaired) electrons. The fourth-order valence-electron chi connectivity index (χ4n) is 2.19. The van der Waals surface area contributed by atoms with Gasteiger partial charge in [-0.15, -0.1) is 0 Å². The third kappa shape index (κ3) is 4.02. The molecule has 1 aliphatic rings. The van der Waals surface area contributed by atoms with Crippen LogP contribution in [-0.4, -0.2) is 43.4 Å². The summed E-state index contributed by atoms with van der Waals surface area (Å²) in [5.74, 6) is -1.26. The number of nitrogens with zero attached hydrogens (tertiary/aromatic N) is 1. The third-order valence-electron chi connectivity index (χ3n) is 3.42. The molecular formula is C12H18N2O4S2. The summed E-state index contributed by atoms with van der Waals surface area (Å²) in [6, 6.07) is 1.97. The highest BCUT2D eigenvalue weighted by atomic mass is 32.2. The Morgan fingerprint density at radius 2 is 2.15 bits per heavy atom. The molecule has 112 valence electrons. The molecule has 0 aliphatic carbocycles. The van der Waals surface area contributed by atoms with Crippen LogP contribution in [0.4, 0.5) is 0 Å². The first-order valence-corrected chi connectivity index (χ1v) is 8.86. The van der Waals surface area contributed by atoms with Gasteiger partial charge in [-0.1, -0.05) is 0 Å². The maximum absolute atomic E-state index is 12.1. The van der Waals surface area contributed by atoms with Gasteiger partial charge in [-0.3, -0.25) is 4.79 Å². The summed E-state index contributed by atoms with van der Waals surface area (Å²) < 4.78 is 28.0. The number of hydrogen-bond donors (Lipinski definition) is 2. The molecule has 8 heteroatoms. The molecule has 0 amide bonds. The summed E-state index contributed by atoms with van der Waals surface area (Å²) in [7, 11) is -3.49. The van der Waals surface area contributed by atoms with Crippen LogP contribution in [0.5, 0.6) is 0 Å². The lowest BCUT2D eigenvalue weighted by atomic mass is 9.99. The molecule has 2 rings (SSSR count). The van der Waals surface area contributed by atoms with Crippen LogP contribution in [0, 0.1) is 5.92 Å². The van der Waals surface area contributed by atoms with Crippen LogP contribution in [0.2, 0.25) is 0 Å². The lowest BCUT2D eigenvalue weighted by Gasteiger charge is -2.29. The quantitative estimate of drug-likeness (QED) is 0.816. The zero-order valence-corrected chi connectivity index (χ0v) is 12.6. The van der Waals surface area contributed by atoms with E-state index in [-0.39, 0.29) is 13.1 Å². The molecule has 2 N–H and O–H groups in total. The van der Waals surface area contributed by atoms with Crippen molar-refractivity contribution >= 4 is 27.5 Å². The summed E-state index contributed by atoms with van der Waals surface area (Å²) in [4.78, 5) is 10.8. The lowest BCUT2D eigenvalue weighted by molar-refractivity contribution is -0.142. The summed E-state index contributed by atoms with van der Waals surface area (Å²) in [6.07, 6.45) is 1.41. The van der Waals surface area contributed by atoms with Gasteiger partial charge < -0.3 is 5.11 Å². The van der Waals surface area contributed by atoms with Gasteiger partial charge in [-0.2, -0.15) is 24.1 Å². The fraction of sp³-hybridized carbons (Fsp3) is 0.583. The van der Waals surface area contributed by atoms with Gasteiger partial charge in [0.25, 0.3) is 10.2 Å². The molecule has 2 heterocycles. The molecule has 20 heavy (non-hydrogen) atoms. The number of nitrogens with one attached hydrogen (secondary N) is 1. The van der Waals surface area contributed by atoms with Gasteiger partial charge in [-0.05, 0) is 41.7 Å². The van der Waals surface area contributed by atoms with Crippen molar-refractivity contribution < 1.29 is 18.3 Å². The average Bonchev–Trinajstić information content (AvgIpc) is 2.92. The van der Waals surface area contributed by atoms with Gasteiger partial charge in [0.05, 0.1) is 5.92 Å². The SMILES string of the molecule is O=C(O)C1CCN(S(=O)(=O)NCCc2ccsc2)CC1. The van der Waals surface area contributed by atoms with E-state index >= 15 is 0 Å².